The van der Waals surface area contributed by atoms with Crippen LogP contribution in [0.15, 0.2) is 0 Å². The molecule has 0 aliphatic carbocycles. The van der Waals surface area contributed by atoms with Gasteiger partial charge in [-0.3, -0.25) is 37.3 Å². The first-order chi connectivity index (χ1) is 45.2. The lowest BCUT2D eigenvalue weighted by molar-refractivity contribution is -0.161. The van der Waals surface area contributed by atoms with Crippen molar-refractivity contribution in [1.82, 2.24) is 0 Å². The van der Waals surface area contributed by atoms with Gasteiger partial charge in [0.15, 0.2) is 12.2 Å². The molecule has 558 valence electrons. The summed E-state index contributed by atoms with van der Waals surface area (Å²) in [5.74, 6) is 0.0779. The van der Waals surface area contributed by atoms with Gasteiger partial charge < -0.3 is 33.8 Å². The van der Waals surface area contributed by atoms with Gasteiger partial charge in [0.05, 0.1) is 26.4 Å². The lowest BCUT2D eigenvalue weighted by Crippen LogP contribution is -2.30. The fourth-order valence-electron chi connectivity index (χ4n) is 11.4. The summed E-state index contributed by atoms with van der Waals surface area (Å²) in [7, 11) is -9.91. The molecule has 0 heterocycles. The molecule has 94 heavy (non-hydrogen) atoms. The number of phosphoric acid groups is 2. The Labute approximate surface area is 575 Å². The van der Waals surface area contributed by atoms with Crippen LogP contribution in [0.4, 0.5) is 0 Å². The molecule has 0 spiro atoms. The number of aliphatic hydroxyl groups excluding tert-OH is 1. The number of esters is 4. The van der Waals surface area contributed by atoms with Crippen LogP contribution in [-0.4, -0.2) is 96.7 Å². The van der Waals surface area contributed by atoms with Crippen LogP contribution in [0, 0.1) is 17.8 Å². The number of rotatable bonds is 73. The van der Waals surface area contributed by atoms with Crippen molar-refractivity contribution in [2.24, 2.45) is 17.8 Å². The second-order valence-corrected chi connectivity index (χ2v) is 31.4. The molecule has 0 amide bonds. The van der Waals surface area contributed by atoms with Crippen LogP contribution in [0.2, 0.25) is 0 Å². The maximum Gasteiger partial charge on any atom is 0.472 e. The molecule has 0 aromatic rings. The average molecular weight is 1380 g/mol. The standard InChI is InChI=1S/C75H146O17P2/c1-8-9-10-11-12-13-14-15-16-19-22-25-28-34-42-49-56-72(77)85-62-70(91-74(79)58-51-44-35-29-26-23-20-17-18-21-24-27-32-39-46-53-66(2)3)64-89-93(81,82)87-60-69(76)61-88-94(83,84)90-65-71(63-86-73(78)57-50-43-38-37-41-48-55-68(6)7)92-75(80)59-52-45-36-31-30-33-40-47-54-67(4)5/h66-71,76H,8-65H2,1-7H3,(H,81,82)(H,83,84)/t69-,70-,71-/m1/s1. The molecule has 19 heteroatoms. The second kappa shape index (κ2) is 65.7. The largest absolute Gasteiger partial charge is 0.472 e. The summed E-state index contributed by atoms with van der Waals surface area (Å²) in [6.45, 7) is 11.8. The Kier molecular flexibility index (Phi) is 64.3. The third kappa shape index (κ3) is 68.6. The normalized spacial score (nSPS) is 14.1. The van der Waals surface area contributed by atoms with E-state index in [1.54, 1.807) is 0 Å². The Bertz CT molecular complexity index is 1840. The number of carbonyl (C=O) groups is 4. The number of carbonyl (C=O) groups excluding carboxylic acids is 4. The minimum absolute atomic E-state index is 0.103. The highest BCUT2D eigenvalue weighted by Gasteiger charge is 2.30. The molecule has 0 aromatic carbocycles. The lowest BCUT2D eigenvalue weighted by Gasteiger charge is -2.21. The van der Waals surface area contributed by atoms with Crippen LogP contribution in [0.5, 0.6) is 0 Å². The van der Waals surface area contributed by atoms with Crippen molar-refractivity contribution in [3.63, 3.8) is 0 Å². The number of unbranched alkanes of at least 4 members (excludes halogenated alkanes) is 41. The van der Waals surface area contributed by atoms with E-state index >= 15 is 0 Å². The van der Waals surface area contributed by atoms with Gasteiger partial charge in [0, 0.05) is 25.7 Å². The van der Waals surface area contributed by atoms with Crippen molar-refractivity contribution in [1.29, 1.82) is 0 Å². The zero-order valence-electron chi connectivity index (χ0n) is 61.4. The van der Waals surface area contributed by atoms with E-state index in [-0.39, 0.29) is 25.7 Å². The molecule has 5 atom stereocenters. The van der Waals surface area contributed by atoms with Gasteiger partial charge >= 0.3 is 39.5 Å². The number of phosphoric ester groups is 2. The minimum Gasteiger partial charge on any atom is -0.462 e. The summed E-state index contributed by atoms with van der Waals surface area (Å²) in [4.78, 5) is 72.7. The molecule has 17 nitrogen and oxygen atoms in total. The highest BCUT2D eigenvalue weighted by Crippen LogP contribution is 2.45. The quantitative estimate of drug-likeness (QED) is 0.0222. The van der Waals surface area contributed by atoms with Gasteiger partial charge in [-0.25, -0.2) is 9.13 Å². The van der Waals surface area contributed by atoms with Crippen LogP contribution in [0.3, 0.4) is 0 Å². The summed E-state index contributed by atoms with van der Waals surface area (Å²) in [5.41, 5.74) is 0. The van der Waals surface area contributed by atoms with Crippen molar-refractivity contribution in [2.45, 2.75) is 401 Å². The Morgan fingerprint density at radius 3 is 0.723 bits per heavy atom. The van der Waals surface area contributed by atoms with Crippen LogP contribution < -0.4 is 0 Å². The Balaban J connectivity index is 5.22. The van der Waals surface area contributed by atoms with Crippen molar-refractivity contribution < 1.29 is 80.2 Å². The fourth-order valence-corrected chi connectivity index (χ4v) is 13.0. The summed E-state index contributed by atoms with van der Waals surface area (Å²) in [6, 6.07) is 0. The molecule has 0 fully saturated rings. The summed E-state index contributed by atoms with van der Waals surface area (Å²) in [6.07, 6.45) is 51.6. The SMILES string of the molecule is CCCCCCCCCCCCCCCCCCC(=O)OC[C@H](COP(=O)(O)OC[C@@H](O)COP(=O)(O)OC[C@@H](COC(=O)CCCCCCCCC(C)C)OC(=O)CCCCCCCCCCC(C)C)OC(=O)CCCCCCCCCCCCCCCCCC(C)C. The summed E-state index contributed by atoms with van der Waals surface area (Å²) >= 11 is 0. The molecular formula is C75H146O17P2. The van der Waals surface area contributed by atoms with E-state index in [0.717, 1.165) is 108 Å². The van der Waals surface area contributed by atoms with Gasteiger partial charge in [-0.1, -0.05) is 331 Å². The van der Waals surface area contributed by atoms with E-state index in [1.807, 2.05) is 0 Å². The van der Waals surface area contributed by atoms with E-state index < -0.39 is 97.5 Å². The van der Waals surface area contributed by atoms with Gasteiger partial charge in [0.25, 0.3) is 0 Å². The number of hydrogen-bond donors (Lipinski definition) is 3. The maximum absolute atomic E-state index is 13.1. The first-order valence-corrected chi connectivity index (χ1v) is 41.8. The first-order valence-electron chi connectivity index (χ1n) is 38.8. The van der Waals surface area contributed by atoms with Gasteiger partial charge in [-0.2, -0.15) is 0 Å². The van der Waals surface area contributed by atoms with Gasteiger partial charge in [0.1, 0.15) is 19.3 Å². The average Bonchev–Trinajstić information content (AvgIpc) is 1.24. The maximum atomic E-state index is 13.1. The summed E-state index contributed by atoms with van der Waals surface area (Å²) < 4.78 is 68.4. The molecule has 0 saturated carbocycles. The van der Waals surface area contributed by atoms with E-state index in [2.05, 4.69) is 48.5 Å². The molecule has 2 unspecified atom stereocenters. The monoisotopic (exact) mass is 1380 g/mol. The molecule has 0 radical (unpaired) electrons. The molecule has 3 N–H and O–H groups in total. The minimum atomic E-state index is -4.96. The topological polar surface area (TPSA) is 237 Å². The Hall–Kier alpha value is -1.94. The molecule has 0 aliphatic heterocycles. The first kappa shape index (κ1) is 92.1. The molecule has 0 saturated heterocycles. The van der Waals surface area contributed by atoms with E-state index in [1.165, 1.54) is 186 Å². The molecule has 0 aromatic heterocycles. The van der Waals surface area contributed by atoms with Crippen LogP contribution in [0.1, 0.15) is 382 Å². The molecule has 0 aliphatic rings. The van der Waals surface area contributed by atoms with Crippen LogP contribution in [0.25, 0.3) is 0 Å². The van der Waals surface area contributed by atoms with Gasteiger partial charge in [-0.15, -0.1) is 0 Å². The predicted molar refractivity (Wildman–Crippen MR) is 381 cm³/mol. The molecule has 0 bridgehead atoms. The van der Waals surface area contributed by atoms with Crippen molar-refractivity contribution in [2.75, 3.05) is 39.6 Å². The van der Waals surface area contributed by atoms with E-state index in [4.69, 9.17) is 37.0 Å². The Morgan fingerprint density at radius 1 is 0.287 bits per heavy atom. The van der Waals surface area contributed by atoms with Gasteiger partial charge in [0.2, 0.25) is 0 Å². The smallest absolute Gasteiger partial charge is 0.462 e. The Morgan fingerprint density at radius 2 is 0.489 bits per heavy atom. The number of hydrogen-bond acceptors (Lipinski definition) is 15. The molecule has 0 rings (SSSR count). The lowest BCUT2D eigenvalue weighted by atomic mass is 10.0. The van der Waals surface area contributed by atoms with E-state index in [9.17, 15) is 43.2 Å². The second-order valence-electron chi connectivity index (χ2n) is 28.5. The van der Waals surface area contributed by atoms with Crippen molar-refractivity contribution in [3.05, 3.63) is 0 Å². The van der Waals surface area contributed by atoms with Crippen molar-refractivity contribution >= 4 is 39.5 Å². The highest BCUT2D eigenvalue weighted by molar-refractivity contribution is 7.47. The zero-order chi connectivity index (χ0) is 69.4. The third-order valence-corrected chi connectivity index (χ3v) is 19.3. The van der Waals surface area contributed by atoms with Crippen molar-refractivity contribution in [3.8, 4) is 0 Å². The van der Waals surface area contributed by atoms with Gasteiger partial charge in [-0.05, 0) is 43.4 Å². The summed E-state index contributed by atoms with van der Waals surface area (Å²) in [5, 5.41) is 10.6. The highest BCUT2D eigenvalue weighted by atomic mass is 31.2. The zero-order valence-corrected chi connectivity index (χ0v) is 63.2. The fraction of sp³-hybridized carbons (Fsp3) is 0.947. The molecular weight excluding hydrogens is 1230 g/mol. The van der Waals surface area contributed by atoms with Crippen LogP contribution >= 0.6 is 15.6 Å². The van der Waals surface area contributed by atoms with E-state index in [0.29, 0.717) is 31.6 Å². The number of aliphatic hydroxyl groups is 1. The van der Waals surface area contributed by atoms with Crippen LogP contribution in [-0.2, 0) is 65.4 Å². The number of ether oxygens (including phenoxy) is 4. The third-order valence-electron chi connectivity index (χ3n) is 17.4. The predicted octanol–water partition coefficient (Wildman–Crippen LogP) is 21.8.